The molecule has 0 atom stereocenters. The Morgan fingerprint density at radius 1 is 1.50 bits per heavy atom. The van der Waals surface area contributed by atoms with Crippen molar-refractivity contribution in [3.8, 4) is 0 Å². The second kappa shape index (κ2) is 4.79. The van der Waals surface area contributed by atoms with Gasteiger partial charge in [0.1, 0.15) is 11.5 Å². The summed E-state index contributed by atoms with van der Waals surface area (Å²) in [6.45, 7) is 2.12. The Hall–Kier alpha value is -1.32. The molecule has 78 valence electrons. The molecule has 0 aromatic heterocycles. The van der Waals surface area contributed by atoms with Crippen molar-refractivity contribution in [2.75, 3.05) is 14.1 Å². The molecule has 1 rings (SSSR count). The van der Waals surface area contributed by atoms with E-state index in [2.05, 4.69) is 17.2 Å². The molecule has 4 heteroatoms. The average molecular weight is 195 g/mol. The standard InChI is InChI=1S/C10H17N3O/c1-4-5-6-9-11-8(7-13(2)3)10(14)12-9/h7H,4-6H2,1-3H3,(H,11,12,14)/b8-7+. The van der Waals surface area contributed by atoms with E-state index in [1.807, 2.05) is 19.0 Å². The van der Waals surface area contributed by atoms with Crippen LogP contribution in [0.15, 0.2) is 16.9 Å². The van der Waals surface area contributed by atoms with E-state index in [1.54, 1.807) is 6.20 Å². The van der Waals surface area contributed by atoms with Gasteiger partial charge in [0.25, 0.3) is 5.91 Å². The lowest BCUT2D eigenvalue weighted by molar-refractivity contribution is -0.115. The minimum Gasteiger partial charge on any atom is -0.382 e. The lowest BCUT2D eigenvalue weighted by Crippen LogP contribution is -2.24. The molecule has 0 aromatic rings. The van der Waals surface area contributed by atoms with Gasteiger partial charge >= 0.3 is 0 Å². The summed E-state index contributed by atoms with van der Waals surface area (Å²) in [5.41, 5.74) is 0.501. The molecule has 14 heavy (non-hydrogen) atoms. The van der Waals surface area contributed by atoms with Crippen LogP contribution in [-0.2, 0) is 4.79 Å². The molecule has 0 saturated carbocycles. The third kappa shape index (κ3) is 2.87. The number of hydrogen-bond donors (Lipinski definition) is 1. The van der Waals surface area contributed by atoms with Gasteiger partial charge in [-0.2, -0.15) is 0 Å². The lowest BCUT2D eigenvalue weighted by atomic mass is 10.2. The molecule has 0 radical (unpaired) electrons. The van der Waals surface area contributed by atoms with Gasteiger partial charge in [-0.25, -0.2) is 4.99 Å². The minimum atomic E-state index is -0.0928. The zero-order chi connectivity index (χ0) is 10.6. The van der Waals surface area contributed by atoms with Gasteiger partial charge in [-0.05, 0) is 6.42 Å². The molecule has 0 saturated heterocycles. The number of hydrogen-bond acceptors (Lipinski definition) is 3. The van der Waals surface area contributed by atoms with Crippen LogP contribution in [-0.4, -0.2) is 30.7 Å². The van der Waals surface area contributed by atoms with Crippen molar-refractivity contribution in [1.82, 2.24) is 10.2 Å². The van der Waals surface area contributed by atoms with Crippen molar-refractivity contribution in [3.63, 3.8) is 0 Å². The van der Waals surface area contributed by atoms with Gasteiger partial charge in [-0.3, -0.25) is 4.79 Å². The predicted molar refractivity (Wildman–Crippen MR) is 56.9 cm³/mol. The van der Waals surface area contributed by atoms with Gasteiger partial charge in [0.15, 0.2) is 0 Å². The van der Waals surface area contributed by atoms with Crippen molar-refractivity contribution >= 4 is 11.7 Å². The van der Waals surface area contributed by atoms with Gasteiger partial charge in [-0.1, -0.05) is 13.3 Å². The van der Waals surface area contributed by atoms with E-state index in [1.165, 1.54) is 0 Å². The van der Waals surface area contributed by atoms with E-state index in [4.69, 9.17) is 0 Å². The van der Waals surface area contributed by atoms with Crippen LogP contribution in [0.3, 0.4) is 0 Å². The number of unbranched alkanes of at least 4 members (excludes halogenated alkanes) is 1. The summed E-state index contributed by atoms with van der Waals surface area (Å²) in [5, 5.41) is 2.76. The number of carbonyl (C=O) groups excluding carboxylic acids is 1. The van der Waals surface area contributed by atoms with Crippen molar-refractivity contribution in [2.45, 2.75) is 26.2 Å². The molecule has 0 aromatic carbocycles. The van der Waals surface area contributed by atoms with Crippen molar-refractivity contribution < 1.29 is 4.79 Å². The summed E-state index contributed by atoms with van der Waals surface area (Å²) in [7, 11) is 3.75. The Morgan fingerprint density at radius 2 is 2.21 bits per heavy atom. The van der Waals surface area contributed by atoms with Crippen molar-refractivity contribution in [1.29, 1.82) is 0 Å². The molecular weight excluding hydrogens is 178 g/mol. The summed E-state index contributed by atoms with van der Waals surface area (Å²) < 4.78 is 0. The zero-order valence-corrected chi connectivity index (χ0v) is 9.00. The third-order valence-electron chi connectivity index (χ3n) is 1.89. The molecule has 1 heterocycles. The number of rotatable bonds is 4. The lowest BCUT2D eigenvalue weighted by Gasteiger charge is -2.03. The maximum Gasteiger partial charge on any atom is 0.276 e. The zero-order valence-electron chi connectivity index (χ0n) is 9.00. The van der Waals surface area contributed by atoms with Gasteiger partial charge in [0.2, 0.25) is 0 Å². The third-order valence-corrected chi connectivity index (χ3v) is 1.89. The highest BCUT2D eigenvalue weighted by Crippen LogP contribution is 2.08. The molecule has 1 N–H and O–H groups in total. The molecule has 0 bridgehead atoms. The number of amidine groups is 1. The highest BCUT2D eigenvalue weighted by molar-refractivity contribution is 6.12. The Kier molecular flexibility index (Phi) is 3.68. The summed E-state index contributed by atoms with van der Waals surface area (Å²) in [4.78, 5) is 17.4. The fourth-order valence-electron chi connectivity index (χ4n) is 1.21. The van der Waals surface area contributed by atoms with Crippen LogP contribution < -0.4 is 5.32 Å². The first-order chi connectivity index (χ1) is 6.63. The van der Waals surface area contributed by atoms with E-state index in [0.717, 1.165) is 25.1 Å². The van der Waals surface area contributed by atoms with E-state index in [0.29, 0.717) is 5.70 Å². The van der Waals surface area contributed by atoms with Crippen molar-refractivity contribution in [2.24, 2.45) is 4.99 Å². The Labute approximate surface area is 84.7 Å². The molecule has 4 nitrogen and oxygen atoms in total. The fourth-order valence-corrected chi connectivity index (χ4v) is 1.21. The topological polar surface area (TPSA) is 44.7 Å². The smallest absolute Gasteiger partial charge is 0.276 e. The SMILES string of the molecule is CCCCC1=N/C(=C/N(C)C)C(=O)N1. The van der Waals surface area contributed by atoms with Gasteiger partial charge < -0.3 is 10.2 Å². The first-order valence-electron chi connectivity index (χ1n) is 4.90. The van der Waals surface area contributed by atoms with E-state index < -0.39 is 0 Å². The molecule has 1 aliphatic rings. The predicted octanol–water partition coefficient (Wildman–Crippen LogP) is 1.11. The van der Waals surface area contributed by atoms with Crippen LogP contribution in [0.1, 0.15) is 26.2 Å². The van der Waals surface area contributed by atoms with Gasteiger partial charge in [0, 0.05) is 26.7 Å². The number of nitrogens with zero attached hydrogens (tertiary/aromatic N) is 2. The number of amides is 1. The average Bonchev–Trinajstić information content (AvgIpc) is 2.43. The fraction of sp³-hybridized carbons (Fsp3) is 0.600. The Balaban J connectivity index is 2.62. The van der Waals surface area contributed by atoms with Crippen LogP contribution in [0.5, 0.6) is 0 Å². The number of nitrogens with one attached hydrogen (secondary N) is 1. The molecule has 1 amide bonds. The second-order valence-electron chi connectivity index (χ2n) is 3.59. The van der Waals surface area contributed by atoms with Crippen LogP contribution in [0.2, 0.25) is 0 Å². The monoisotopic (exact) mass is 195 g/mol. The van der Waals surface area contributed by atoms with E-state index in [9.17, 15) is 4.79 Å². The number of aliphatic imine (C=N–C) groups is 1. The molecule has 0 aliphatic carbocycles. The van der Waals surface area contributed by atoms with Gasteiger partial charge in [0.05, 0.1) is 0 Å². The number of carbonyl (C=O) groups is 1. The van der Waals surface area contributed by atoms with E-state index >= 15 is 0 Å². The molecule has 0 spiro atoms. The van der Waals surface area contributed by atoms with Crippen LogP contribution in [0, 0.1) is 0 Å². The van der Waals surface area contributed by atoms with Gasteiger partial charge in [-0.15, -0.1) is 0 Å². The summed E-state index contributed by atoms with van der Waals surface area (Å²) in [5.74, 6) is 0.703. The molecular formula is C10H17N3O. The quantitative estimate of drug-likeness (QED) is 0.683. The highest BCUT2D eigenvalue weighted by Gasteiger charge is 2.19. The Morgan fingerprint density at radius 3 is 2.79 bits per heavy atom. The molecule has 0 fully saturated rings. The second-order valence-corrected chi connectivity index (χ2v) is 3.59. The van der Waals surface area contributed by atoms with Crippen LogP contribution >= 0.6 is 0 Å². The molecule has 1 aliphatic heterocycles. The normalized spacial score (nSPS) is 18.4. The van der Waals surface area contributed by atoms with Crippen molar-refractivity contribution in [3.05, 3.63) is 11.9 Å². The summed E-state index contributed by atoms with van der Waals surface area (Å²) in [6, 6.07) is 0. The first kappa shape index (κ1) is 10.8. The minimum absolute atomic E-state index is 0.0928. The Bertz CT molecular complexity index is 279. The molecule has 0 unspecified atom stereocenters. The van der Waals surface area contributed by atoms with Crippen LogP contribution in [0.25, 0.3) is 0 Å². The largest absolute Gasteiger partial charge is 0.382 e. The first-order valence-corrected chi connectivity index (χ1v) is 4.90. The maximum absolute atomic E-state index is 11.4. The van der Waals surface area contributed by atoms with E-state index in [-0.39, 0.29) is 5.91 Å². The maximum atomic E-state index is 11.4. The van der Waals surface area contributed by atoms with Crippen LogP contribution in [0.4, 0.5) is 0 Å². The summed E-state index contributed by atoms with van der Waals surface area (Å²) >= 11 is 0. The highest BCUT2D eigenvalue weighted by atomic mass is 16.2. The summed E-state index contributed by atoms with van der Waals surface area (Å²) in [6.07, 6.45) is 4.76.